The van der Waals surface area contributed by atoms with Crippen molar-refractivity contribution in [2.45, 2.75) is 38.9 Å². The molecule has 0 unspecified atom stereocenters. The van der Waals surface area contributed by atoms with Crippen molar-refractivity contribution in [2.24, 2.45) is 0 Å². The molecule has 0 saturated carbocycles. The molecule has 1 heterocycles. The van der Waals surface area contributed by atoms with E-state index < -0.39 is 11.7 Å². The summed E-state index contributed by atoms with van der Waals surface area (Å²) in [6.45, 7) is 7.02. The highest BCUT2D eigenvalue weighted by Crippen LogP contribution is 2.24. The van der Waals surface area contributed by atoms with Gasteiger partial charge < -0.3 is 20.5 Å². The lowest BCUT2D eigenvalue weighted by Gasteiger charge is -2.27. The lowest BCUT2D eigenvalue weighted by atomic mass is 10.2. The summed E-state index contributed by atoms with van der Waals surface area (Å²) in [6, 6.07) is 5.32. The Balaban J connectivity index is 1.90. The topological polar surface area (TPSA) is 85.6 Å². The van der Waals surface area contributed by atoms with Crippen molar-refractivity contribution in [1.82, 2.24) is 0 Å². The van der Waals surface area contributed by atoms with E-state index in [4.69, 9.17) is 15.2 Å². The van der Waals surface area contributed by atoms with Crippen molar-refractivity contribution in [2.75, 3.05) is 29.5 Å². The molecule has 0 bridgehead atoms. The monoisotopic (exact) mass is 293 g/mol. The zero-order chi connectivity index (χ0) is 15.5. The van der Waals surface area contributed by atoms with Crippen LogP contribution in [0.15, 0.2) is 18.2 Å². The molecule has 2 rings (SSSR count). The molecular weight excluding hydrogens is 270 g/mol. The molecule has 6 heteroatoms. The van der Waals surface area contributed by atoms with Gasteiger partial charge in [0.15, 0.2) is 0 Å². The van der Waals surface area contributed by atoms with Gasteiger partial charge in [0, 0.05) is 18.8 Å². The van der Waals surface area contributed by atoms with Gasteiger partial charge in [-0.2, -0.15) is 0 Å². The lowest BCUT2D eigenvalue weighted by Crippen LogP contribution is -2.33. The Morgan fingerprint density at radius 3 is 2.71 bits per heavy atom. The minimum Gasteiger partial charge on any atom is -0.444 e. The summed E-state index contributed by atoms with van der Waals surface area (Å²) in [5, 5.41) is 5.90. The molecule has 21 heavy (non-hydrogen) atoms. The van der Waals surface area contributed by atoms with Crippen LogP contribution in [-0.4, -0.2) is 30.9 Å². The molecule has 1 aromatic carbocycles. The molecule has 1 atom stereocenters. The highest BCUT2D eigenvalue weighted by atomic mass is 16.6. The number of nitrogen functional groups attached to an aromatic ring is 1. The number of carbonyl (C=O) groups excluding carboxylic acids is 1. The molecule has 1 saturated heterocycles. The smallest absolute Gasteiger partial charge is 0.412 e. The van der Waals surface area contributed by atoms with Crippen LogP contribution in [0.2, 0.25) is 0 Å². The first-order valence-electron chi connectivity index (χ1n) is 7.08. The predicted octanol–water partition coefficient (Wildman–Crippen LogP) is 2.82. The summed E-state index contributed by atoms with van der Waals surface area (Å²) >= 11 is 0. The number of hydrogen-bond acceptors (Lipinski definition) is 5. The van der Waals surface area contributed by atoms with Crippen molar-refractivity contribution >= 4 is 23.2 Å². The number of nitrogens with two attached hydrogens (primary N) is 1. The van der Waals surface area contributed by atoms with Gasteiger partial charge in [-0.3, -0.25) is 5.32 Å². The van der Waals surface area contributed by atoms with Gasteiger partial charge in [-0.25, -0.2) is 4.79 Å². The third-order valence-electron chi connectivity index (χ3n) is 3.01. The average molecular weight is 293 g/mol. The maximum Gasteiger partial charge on any atom is 0.412 e. The average Bonchev–Trinajstić information content (AvgIpc) is 2.27. The number of amides is 1. The van der Waals surface area contributed by atoms with Crippen LogP contribution in [-0.2, 0) is 9.47 Å². The minimum absolute atomic E-state index is 0.268. The Kier molecular flexibility index (Phi) is 4.57. The second-order valence-electron chi connectivity index (χ2n) is 6.09. The van der Waals surface area contributed by atoms with E-state index in [1.807, 2.05) is 26.8 Å². The summed E-state index contributed by atoms with van der Waals surface area (Å²) in [5.41, 5.74) is 7.46. The third-order valence-corrected chi connectivity index (χ3v) is 3.01. The van der Waals surface area contributed by atoms with E-state index in [1.54, 1.807) is 12.1 Å². The second-order valence-corrected chi connectivity index (χ2v) is 6.09. The molecule has 4 N–H and O–H groups in total. The van der Waals surface area contributed by atoms with Crippen LogP contribution >= 0.6 is 0 Å². The number of nitrogens with one attached hydrogen (secondary N) is 2. The first kappa shape index (κ1) is 15.4. The van der Waals surface area contributed by atoms with Crippen LogP contribution in [0, 0.1) is 0 Å². The predicted molar refractivity (Wildman–Crippen MR) is 83.6 cm³/mol. The van der Waals surface area contributed by atoms with Crippen LogP contribution in [0.5, 0.6) is 0 Å². The Morgan fingerprint density at radius 2 is 2.19 bits per heavy atom. The molecule has 0 aliphatic carbocycles. The van der Waals surface area contributed by atoms with Crippen molar-refractivity contribution in [3.63, 3.8) is 0 Å². The van der Waals surface area contributed by atoms with Gasteiger partial charge in [-0.1, -0.05) is 0 Å². The molecule has 1 aliphatic heterocycles. The van der Waals surface area contributed by atoms with Crippen LogP contribution in [0.1, 0.15) is 27.2 Å². The fourth-order valence-electron chi connectivity index (χ4n) is 1.89. The van der Waals surface area contributed by atoms with E-state index in [2.05, 4.69) is 10.6 Å². The number of anilines is 3. The van der Waals surface area contributed by atoms with Crippen molar-refractivity contribution < 1.29 is 14.3 Å². The van der Waals surface area contributed by atoms with Gasteiger partial charge in [-0.05, 0) is 45.4 Å². The SMILES string of the molecule is CC(C)(C)OC(=O)Nc1ccc(NC[C@@H]2CCO2)c(N)c1. The van der Waals surface area contributed by atoms with Crippen molar-refractivity contribution in [1.29, 1.82) is 0 Å². The van der Waals surface area contributed by atoms with E-state index >= 15 is 0 Å². The summed E-state index contributed by atoms with van der Waals surface area (Å²) in [5.74, 6) is 0. The molecule has 0 radical (unpaired) electrons. The number of carbonyl (C=O) groups is 1. The Morgan fingerprint density at radius 1 is 1.48 bits per heavy atom. The summed E-state index contributed by atoms with van der Waals surface area (Å²) in [6.07, 6.45) is 0.847. The van der Waals surface area contributed by atoms with E-state index in [0.29, 0.717) is 11.4 Å². The lowest BCUT2D eigenvalue weighted by molar-refractivity contribution is -0.0410. The second kappa shape index (κ2) is 6.22. The maximum atomic E-state index is 11.7. The van der Waals surface area contributed by atoms with E-state index in [0.717, 1.165) is 25.3 Å². The normalized spacial score (nSPS) is 17.8. The van der Waals surface area contributed by atoms with Gasteiger partial charge in [0.05, 0.1) is 17.5 Å². The van der Waals surface area contributed by atoms with Gasteiger partial charge in [-0.15, -0.1) is 0 Å². The zero-order valence-corrected chi connectivity index (χ0v) is 12.7. The van der Waals surface area contributed by atoms with Crippen LogP contribution in [0.3, 0.4) is 0 Å². The van der Waals surface area contributed by atoms with Crippen molar-refractivity contribution in [3.8, 4) is 0 Å². The Labute approximate surface area is 125 Å². The maximum absolute atomic E-state index is 11.7. The quantitative estimate of drug-likeness (QED) is 0.743. The minimum atomic E-state index is -0.528. The molecule has 1 fully saturated rings. The standard InChI is InChI=1S/C15H23N3O3/c1-15(2,3)21-14(19)18-10-4-5-13(12(16)8-10)17-9-11-6-7-20-11/h4-5,8,11,17H,6-7,9,16H2,1-3H3,(H,18,19)/t11-/m0/s1. The van der Waals surface area contributed by atoms with E-state index in [1.165, 1.54) is 0 Å². The largest absolute Gasteiger partial charge is 0.444 e. The molecule has 6 nitrogen and oxygen atoms in total. The zero-order valence-electron chi connectivity index (χ0n) is 12.7. The molecule has 1 aliphatic rings. The first-order chi connectivity index (χ1) is 9.83. The summed E-state index contributed by atoms with van der Waals surface area (Å²) in [4.78, 5) is 11.7. The fraction of sp³-hybridized carbons (Fsp3) is 0.533. The summed E-state index contributed by atoms with van der Waals surface area (Å²) in [7, 11) is 0. The number of ether oxygens (including phenoxy) is 2. The van der Waals surface area contributed by atoms with Crippen LogP contribution in [0.4, 0.5) is 21.9 Å². The fourth-order valence-corrected chi connectivity index (χ4v) is 1.89. The van der Waals surface area contributed by atoms with E-state index in [9.17, 15) is 4.79 Å². The third kappa shape index (κ3) is 4.82. The van der Waals surface area contributed by atoms with E-state index in [-0.39, 0.29) is 6.10 Å². The number of rotatable bonds is 4. The number of hydrogen-bond donors (Lipinski definition) is 3. The molecule has 1 amide bonds. The highest BCUT2D eigenvalue weighted by molar-refractivity contribution is 5.87. The van der Waals surface area contributed by atoms with Crippen LogP contribution in [0.25, 0.3) is 0 Å². The van der Waals surface area contributed by atoms with Gasteiger partial charge in [0.2, 0.25) is 0 Å². The Hall–Kier alpha value is -1.95. The number of benzene rings is 1. The molecule has 0 spiro atoms. The molecular formula is C15H23N3O3. The molecule has 1 aromatic rings. The molecule has 116 valence electrons. The highest BCUT2D eigenvalue weighted by Gasteiger charge is 2.18. The van der Waals surface area contributed by atoms with Crippen LogP contribution < -0.4 is 16.4 Å². The summed E-state index contributed by atoms with van der Waals surface area (Å²) < 4.78 is 10.5. The Bertz CT molecular complexity index is 507. The van der Waals surface area contributed by atoms with Crippen molar-refractivity contribution in [3.05, 3.63) is 18.2 Å². The van der Waals surface area contributed by atoms with Gasteiger partial charge in [0.25, 0.3) is 0 Å². The molecule has 0 aromatic heterocycles. The first-order valence-corrected chi connectivity index (χ1v) is 7.08. The van der Waals surface area contributed by atoms with Gasteiger partial charge in [0.1, 0.15) is 5.60 Å². The van der Waals surface area contributed by atoms with Gasteiger partial charge >= 0.3 is 6.09 Å².